The van der Waals surface area contributed by atoms with Gasteiger partial charge < -0.3 is 9.16 Å². The molecule has 0 aliphatic rings. The fourth-order valence-corrected chi connectivity index (χ4v) is 5.01. The molecule has 0 spiro atoms. The van der Waals surface area contributed by atoms with Crippen LogP contribution in [-0.4, -0.2) is 45.7 Å². The van der Waals surface area contributed by atoms with Crippen LogP contribution in [-0.2, 0) is 24.1 Å². The van der Waals surface area contributed by atoms with Gasteiger partial charge >= 0.3 is 21.3 Å². The van der Waals surface area contributed by atoms with Crippen molar-refractivity contribution in [1.82, 2.24) is 0 Å². The van der Waals surface area contributed by atoms with Gasteiger partial charge in [0.05, 0.1) is 0 Å². The van der Waals surface area contributed by atoms with E-state index in [-0.39, 0.29) is 12.0 Å². The maximum atomic E-state index is 13.4. The standard InChI is InChI=1S/C15H30F2O6SSi/c1-6-7-8-9-13(25(4,5)22-3)10-11-14(18)23-12(2)15(16,17)24(19,20)21/h12-13H,6-11H2,1-5H3,(H,19,20,21). The van der Waals surface area contributed by atoms with Gasteiger partial charge in [-0.25, -0.2) is 0 Å². The Bertz CT molecular complexity index is 524. The highest BCUT2D eigenvalue weighted by molar-refractivity contribution is 7.86. The molecule has 0 aliphatic heterocycles. The summed E-state index contributed by atoms with van der Waals surface area (Å²) in [6.07, 6.45) is 2.06. The summed E-state index contributed by atoms with van der Waals surface area (Å²) >= 11 is 0. The minimum Gasteiger partial charge on any atom is -0.455 e. The van der Waals surface area contributed by atoms with E-state index < -0.39 is 35.8 Å². The molecule has 1 N–H and O–H groups in total. The van der Waals surface area contributed by atoms with E-state index in [1.807, 2.05) is 13.1 Å². The molecule has 0 aromatic carbocycles. The van der Waals surface area contributed by atoms with Crippen LogP contribution >= 0.6 is 0 Å². The smallest absolute Gasteiger partial charge is 0.405 e. The van der Waals surface area contributed by atoms with E-state index in [9.17, 15) is 22.0 Å². The summed E-state index contributed by atoms with van der Waals surface area (Å²) in [5, 5.41) is -4.54. The first-order valence-electron chi connectivity index (χ1n) is 8.39. The summed E-state index contributed by atoms with van der Waals surface area (Å²) < 4.78 is 66.8. The second-order valence-corrected chi connectivity index (χ2v) is 12.6. The van der Waals surface area contributed by atoms with E-state index in [0.29, 0.717) is 6.42 Å². The molecule has 0 amide bonds. The first kappa shape index (κ1) is 24.4. The molecule has 0 fully saturated rings. The van der Waals surface area contributed by atoms with E-state index in [2.05, 4.69) is 11.7 Å². The van der Waals surface area contributed by atoms with Crippen molar-refractivity contribution in [2.75, 3.05) is 7.11 Å². The highest BCUT2D eigenvalue weighted by Gasteiger charge is 2.51. The number of alkyl halides is 2. The predicted octanol–water partition coefficient (Wildman–Crippen LogP) is 3.98. The van der Waals surface area contributed by atoms with Gasteiger partial charge in [0.15, 0.2) is 14.4 Å². The van der Waals surface area contributed by atoms with Crippen molar-refractivity contribution in [3.8, 4) is 0 Å². The summed E-state index contributed by atoms with van der Waals surface area (Å²) in [5.74, 6) is -0.919. The van der Waals surface area contributed by atoms with Crippen LogP contribution in [0.1, 0.15) is 52.4 Å². The van der Waals surface area contributed by atoms with Gasteiger partial charge in [0.1, 0.15) is 0 Å². The maximum Gasteiger partial charge on any atom is 0.405 e. The number of ether oxygens (including phenoxy) is 1. The molecule has 0 aromatic heterocycles. The quantitative estimate of drug-likeness (QED) is 0.229. The summed E-state index contributed by atoms with van der Waals surface area (Å²) in [7, 11) is -6.04. The molecule has 0 radical (unpaired) electrons. The number of halogens is 2. The van der Waals surface area contributed by atoms with Crippen LogP contribution in [0.3, 0.4) is 0 Å². The number of carbonyl (C=O) groups excluding carboxylic acids is 1. The van der Waals surface area contributed by atoms with Crippen LogP contribution in [0.15, 0.2) is 0 Å². The topological polar surface area (TPSA) is 89.9 Å². The lowest BCUT2D eigenvalue weighted by molar-refractivity contribution is -0.159. The predicted molar refractivity (Wildman–Crippen MR) is 93.7 cm³/mol. The monoisotopic (exact) mass is 404 g/mol. The molecule has 0 saturated heterocycles. The molecule has 0 saturated carbocycles. The Morgan fingerprint density at radius 2 is 1.80 bits per heavy atom. The van der Waals surface area contributed by atoms with Gasteiger partial charge in [-0.1, -0.05) is 32.6 Å². The molecule has 25 heavy (non-hydrogen) atoms. The zero-order chi connectivity index (χ0) is 19.9. The lowest BCUT2D eigenvalue weighted by Crippen LogP contribution is -2.42. The molecule has 150 valence electrons. The number of carbonyl (C=O) groups is 1. The Morgan fingerprint density at radius 1 is 1.24 bits per heavy atom. The number of hydrogen-bond acceptors (Lipinski definition) is 5. The molecule has 0 aromatic rings. The molecule has 2 atom stereocenters. The molecular weight excluding hydrogens is 374 g/mol. The SMILES string of the molecule is CCCCCC(CCC(=O)OC(C)C(F)(F)S(=O)(=O)O)[Si](C)(C)OC. The number of rotatable bonds is 12. The summed E-state index contributed by atoms with van der Waals surface area (Å²) in [6.45, 7) is 6.88. The Balaban J connectivity index is 4.75. The van der Waals surface area contributed by atoms with E-state index >= 15 is 0 Å². The Kier molecular flexibility index (Phi) is 9.70. The second-order valence-electron chi connectivity index (χ2n) is 6.71. The highest BCUT2D eigenvalue weighted by Crippen LogP contribution is 2.33. The van der Waals surface area contributed by atoms with Crippen molar-refractivity contribution >= 4 is 24.4 Å². The van der Waals surface area contributed by atoms with Crippen molar-refractivity contribution in [3.63, 3.8) is 0 Å². The van der Waals surface area contributed by atoms with E-state index in [0.717, 1.165) is 32.6 Å². The Morgan fingerprint density at radius 3 is 2.24 bits per heavy atom. The third-order valence-electron chi connectivity index (χ3n) is 4.49. The second kappa shape index (κ2) is 9.93. The van der Waals surface area contributed by atoms with Crippen LogP contribution < -0.4 is 0 Å². The van der Waals surface area contributed by atoms with Gasteiger partial charge in [0.2, 0.25) is 0 Å². The molecule has 2 unspecified atom stereocenters. The number of hydrogen-bond donors (Lipinski definition) is 1. The van der Waals surface area contributed by atoms with E-state index in [1.165, 1.54) is 0 Å². The van der Waals surface area contributed by atoms with Crippen molar-refractivity contribution in [2.24, 2.45) is 0 Å². The van der Waals surface area contributed by atoms with Gasteiger partial charge in [-0.15, -0.1) is 0 Å². The fraction of sp³-hybridized carbons (Fsp3) is 0.933. The van der Waals surface area contributed by atoms with Gasteiger partial charge in [-0.3, -0.25) is 9.35 Å². The van der Waals surface area contributed by atoms with Gasteiger partial charge in [-0.2, -0.15) is 17.2 Å². The van der Waals surface area contributed by atoms with E-state index in [4.69, 9.17) is 8.98 Å². The summed E-state index contributed by atoms with van der Waals surface area (Å²) in [4.78, 5) is 11.8. The first-order valence-corrected chi connectivity index (χ1v) is 12.8. The third kappa shape index (κ3) is 7.67. The van der Waals surface area contributed by atoms with Crippen LogP contribution in [0, 0.1) is 0 Å². The first-order chi connectivity index (χ1) is 11.3. The van der Waals surface area contributed by atoms with Crippen LogP contribution in [0.5, 0.6) is 0 Å². The van der Waals surface area contributed by atoms with Crippen LogP contribution in [0.4, 0.5) is 8.78 Å². The minimum atomic E-state index is -5.64. The maximum absolute atomic E-state index is 13.4. The van der Waals surface area contributed by atoms with E-state index in [1.54, 1.807) is 7.11 Å². The van der Waals surface area contributed by atoms with Crippen LogP contribution in [0.25, 0.3) is 0 Å². The average Bonchev–Trinajstić information content (AvgIpc) is 2.49. The molecule has 0 aliphatic carbocycles. The molecule has 0 heterocycles. The zero-order valence-electron chi connectivity index (χ0n) is 15.5. The fourth-order valence-electron chi connectivity index (χ4n) is 2.47. The lowest BCUT2D eigenvalue weighted by atomic mass is 10.1. The molecular formula is C15H30F2O6SSi. The van der Waals surface area contributed by atoms with Crippen molar-refractivity contribution in [2.45, 2.75) is 82.4 Å². The molecule has 0 rings (SSSR count). The molecule has 10 heteroatoms. The number of unbranched alkanes of at least 4 members (excludes halogenated alkanes) is 2. The Labute approximate surface area is 150 Å². The minimum absolute atomic E-state index is 0.109. The molecule has 0 bridgehead atoms. The normalized spacial score (nSPS) is 15.7. The van der Waals surface area contributed by atoms with Gasteiger partial charge in [0.25, 0.3) is 0 Å². The number of esters is 1. The lowest BCUT2D eigenvalue weighted by Gasteiger charge is -2.31. The highest BCUT2D eigenvalue weighted by atomic mass is 32.2. The summed E-state index contributed by atoms with van der Waals surface area (Å²) in [6, 6.07) is 0. The third-order valence-corrected chi connectivity index (χ3v) is 9.10. The Hall–Kier alpha value is -0.583. The van der Waals surface area contributed by atoms with Gasteiger partial charge in [-0.05, 0) is 32.0 Å². The largest absolute Gasteiger partial charge is 0.455 e. The van der Waals surface area contributed by atoms with Crippen molar-refractivity contribution < 1.29 is 35.7 Å². The van der Waals surface area contributed by atoms with Crippen molar-refractivity contribution in [3.05, 3.63) is 0 Å². The van der Waals surface area contributed by atoms with Crippen molar-refractivity contribution in [1.29, 1.82) is 0 Å². The average molecular weight is 405 g/mol. The molecule has 6 nitrogen and oxygen atoms in total. The summed E-state index contributed by atoms with van der Waals surface area (Å²) in [5.41, 5.74) is 0.161. The van der Waals surface area contributed by atoms with Crippen LogP contribution in [0.2, 0.25) is 18.6 Å². The zero-order valence-corrected chi connectivity index (χ0v) is 17.4. The van der Waals surface area contributed by atoms with Gasteiger partial charge in [0, 0.05) is 13.5 Å².